The van der Waals surface area contributed by atoms with E-state index < -0.39 is 11.9 Å². The minimum Gasteiger partial charge on any atom is -0.481 e. The Balaban J connectivity index is 2.78. The molecule has 1 amide bonds. The van der Waals surface area contributed by atoms with Crippen molar-refractivity contribution in [2.75, 3.05) is 6.54 Å². The molecule has 0 saturated heterocycles. The number of carboxylic acids is 1. The third-order valence-electron chi connectivity index (χ3n) is 2.56. The number of carbonyl (C=O) groups is 2. The largest absolute Gasteiger partial charge is 0.481 e. The van der Waals surface area contributed by atoms with Gasteiger partial charge in [0.2, 0.25) is 0 Å². The van der Waals surface area contributed by atoms with Crippen molar-refractivity contribution < 1.29 is 14.7 Å². The molecule has 0 fully saturated rings. The minimum atomic E-state index is -0.935. The number of aromatic nitrogens is 2. The number of amides is 1. The summed E-state index contributed by atoms with van der Waals surface area (Å²) in [5.74, 6) is -1.86. The van der Waals surface area contributed by atoms with E-state index >= 15 is 0 Å². The predicted octanol–water partition coefficient (Wildman–Crippen LogP) is 0.798. The van der Waals surface area contributed by atoms with Crippen LogP contribution < -0.4 is 5.32 Å². The van der Waals surface area contributed by atoms with Gasteiger partial charge in [-0.25, -0.2) is 0 Å². The van der Waals surface area contributed by atoms with Crippen LogP contribution in [-0.2, 0) is 11.2 Å². The lowest BCUT2D eigenvalue weighted by molar-refractivity contribution is -0.140. The molecule has 0 aromatic carbocycles. The number of carboxylic acid groups (broad SMARTS) is 1. The molecular weight excluding hydrogens is 234 g/mol. The van der Waals surface area contributed by atoms with Gasteiger partial charge in [-0.1, -0.05) is 13.8 Å². The fraction of sp³-hybridized carbons (Fsp3) is 0.500. The van der Waals surface area contributed by atoms with E-state index in [0.717, 1.165) is 0 Å². The van der Waals surface area contributed by atoms with E-state index in [0.29, 0.717) is 23.4 Å². The Hall–Kier alpha value is -1.98. The van der Waals surface area contributed by atoms with Crippen LogP contribution in [0, 0.1) is 12.8 Å². The molecular formula is C12H17N3O3. The third-order valence-corrected chi connectivity index (χ3v) is 2.56. The maximum absolute atomic E-state index is 11.9. The Labute approximate surface area is 105 Å². The second-order valence-electron chi connectivity index (χ2n) is 4.15. The number of nitrogens with one attached hydrogen (secondary N) is 1. The number of carbonyl (C=O) groups excluding carboxylic acids is 1. The van der Waals surface area contributed by atoms with Crippen molar-refractivity contribution >= 4 is 11.9 Å². The van der Waals surface area contributed by atoms with Gasteiger partial charge in [0.15, 0.2) is 0 Å². The van der Waals surface area contributed by atoms with Crippen molar-refractivity contribution in [3.63, 3.8) is 0 Å². The standard InChI is InChI=1S/C12H17N3O3/c1-4-10-9(5-8(3)14-15-10)11(16)13-6-7(2)12(17)18/h5,7H,4,6H2,1-3H3,(H,13,16)(H,17,18). The van der Waals surface area contributed by atoms with Gasteiger partial charge < -0.3 is 10.4 Å². The summed E-state index contributed by atoms with van der Waals surface area (Å²) in [4.78, 5) is 22.6. The van der Waals surface area contributed by atoms with Crippen LogP contribution >= 0.6 is 0 Å². The van der Waals surface area contributed by atoms with E-state index in [1.165, 1.54) is 0 Å². The highest BCUT2D eigenvalue weighted by molar-refractivity contribution is 5.95. The van der Waals surface area contributed by atoms with Gasteiger partial charge in [-0.2, -0.15) is 10.2 Å². The number of aryl methyl sites for hydroxylation is 2. The molecule has 6 heteroatoms. The van der Waals surface area contributed by atoms with Crippen molar-refractivity contribution in [3.8, 4) is 0 Å². The maximum Gasteiger partial charge on any atom is 0.308 e. The molecule has 0 aliphatic rings. The Kier molecular flexibility index (Phi) is 4.76. The van der Waals surface area contributed by atoms with Crippen molar-refractivity contribution in [3.05, 3.63) is 23.0 Å². The Morgan fingerprint density at radius 1 is 1.44 bits per heavy atom. The molecule has 1 atom stereocenters. The summed E-state index contributed by atoms with van der Waals surface area (Å²) in [6, 6.07) is 1.66. The van der Waals surface area contributed by atoms with Crippen LogP contribution in [0.1, 0.15) is 35.6 Å². The zero-order valence-corrected chi connectivity index (χ0v) is 10.7. The first-order chi connectivity index (χ1) is 8.45. The molecule has 0 bridgehead atoms. The van der Waals surface area contributed by atoms with Crippen LogP contribution in [-0.4, -0.2) is 33.7 Å². The summed E-state index contributed by atoms with van der Waals surface area (Å²) in [5, 5.41) is 19.2. The average molecular weight is 251 g/mol. The van der Waals surface area contributed by atoms with Gasteiger partial charge >= 0.3 is 5.97 Å². The molecule has 1 rings (SSSR count). The third kappa shape index (κ3) is 3.51. The second-order valence-corrected chi connectivity index (χ2v) is 4.15. The van der Waals surface area contributed by atoms with Crippen LogP contribution in [0.3, 0.4) is 0 Å². The first-order valence-corrected chi connectivity index (χ1v) is 5.79. The lowest BCUT2D eigenvalue weighted by Crippen LogP contribution is -2.32. The van der Waals surface area contributed by atoms with Crippen LogP contribution in [0.15, 0.2) is 6.07 Å². The zero-order chi connectivity index (χ0) is 13.7. The number of hydrogen-bond donors (Lipinski definition) is 2. The zero-order valence-electron chi connectivity index (χ0n) is 10.7. The van der Waals surface area contributed by atoms with E-state index in [1.54, 1.807) is 19.9 Å². The van der Waals surface area contributed by atoms with E-state index in [-0.39, 0.29) is 12.5 Å². The fourth-order valence-corrected chi connectivity index (χ4v) is 1.40. The lowest BCUT2D eigenvalue weighted by atomic mass is 10.1. The summed E-state index contributed by atoms with van der Waals surface area (Å²) >= 11 is 0. The molecule has 0 radical (unpaired) electrons. The van der Waals surface area contributed by atoms with Gasteiger partial charge in [0.05, 0.1) is 22.9 Å². The van der Waals surface area contributed by atoms with Gasteiger partial charge in [0.1, 0.15) is 0 Å². The highest BCUT2D eigenvalue weighted by atomic mass is 16.4. The molecule has 98 valence electrons. The highest BCUT2D eigenvalue weighted by Crippen LogP contribution is 2.07. The van der Waals surface area contributed by atoms with Gasteiger partial charge in [-0.15, -0.1) is 0 Å². The lowest BCUT2D eigenvalue weighted by Gasteiger charge is -2.10. The van der Waals surface area contributed by atoms with Crippen molar-refractivity contribution in [2.24, 2.45) is 5.92 Å². The van der Waals surface area contributed by atoms with Crippen LogP contribution in [0.5, 0.6) is 0 Å². The topological polar surface area (TPSA) is 92.2 Å². The smallest absolute Gasteiger partial charge is 0.308 e. The quantitative estimate of drug-likeness (QED) is 0.807. The SMILES string of the molecule is CCc1nnc(C)cc1C(=O)NCC(C)C(=O)O. The molecule has 6 nitrogen and oxygen atoms in total. The highest BCUT2D eigenvalue weighted by Gasteiger charge is 2.16. The van der Waals surface area contributed by atoms with Crippen LogP contribution in [0.4, 0.5) is 0 Å². The molecule has 1 aromatic heterocycles. The summed E-state index contributed by atoms with van der Waals surface area (Å²) in [7, 11) is 0. The summed E-state index contributed by atoms with van der Waals surface area (Å²) in [6.45, 7) is 5.27. The van der Waals surface area contributed by atoms with E-state index in [9.17, 15) is 9.59 Å². The molecule has 1 heterocycles. The van der Waals surface area contributed by atoms with E-state index in [4.69, 9.17) is 5.11 Å². The number of aliphatic carboxylic acids is 1. The molecule has 1 unspecified atom stereocenters. The first-order valence-electron chi connectivity index (χ1n) is 5.79. The monoisotopic (exact) mass is 251 g/mol. The average Bonchev–Trinajstić information content (AvgIpc) is 2.35. The van der Waals surface area contributed by atoms with Crippen molar-refractivity contribution in [1.29, 1.82) is 0 Å². The molecule has 0 spiro atoms. The molecule has 2 N–H and O–H groups in total. The van der Waals surface area contributed by atoms with Gasteiger partial charge in [0, 0.05) is 6.54 Å². The Bertz CT molecular complexity index is 460. The second kappa shape index (κ2) is 6.09. The summed E-state index contributed by atoms with van der Waals surface area (Å²) in [5.41, 5.74) is 1.73. The number of hydrogen-bond acceptors (Lipinski definition) is 4. The number of nitrogens with zero attached hydrogens (tertiary/aromatic N) is 2. The van der Waals surface area contributed by atoms with Crippen molar-refractivity contribution in [2.45, 2.75) is 27.2 Å². The normalized spacial score (nSPS) is 11.9. The fourth-order valence-electron chi connectivity index (χ4n) is 1.40. The molecule has 0 saturated carbocycles. The Morgan fingerprint density at radius 3 is 2.67 bits per heavy atom. The molecule has 18 heavy (non-hydrogen) atoms. The van der Waals surface area contributed by atoms with Crippen LogP contribution in [0.2, 0.25) is 0 Å². The first kappa shape index (κ1) is 14.1. The van der Waals surface area contributed by atoms with Crippen LogP contribution in [0.25, 0.3) is 0 Å². The molecule has 0 aliphatic heterocycles. The van der Waals surface area contributed by atoms with E-state index in [1.807, 2.05) is 6.92 Å². The van der Waals surface area contributed by atoms with Gasteiger partial charge in [-0.05, 0) is 19.4 Å². The molecule has 0 aliphatic carbocycles. The van der Waals surface area contributed by atoms with Gasteiger partial charge in [-0.3, -0.25) is 9.59 Å². The number of rotatable bonds is 5. The van der Waals surface area contributed by atoms with Crippen molar-refractivity contribution in [1.82, 2.24) is 15.5 Å². The Morgan fingerprint density at radius 2 is 2.11 bits per heavy atom. The van der Waals surface area contributed by atoms with Gasteiger partial charge in [0.25, 0.3) is 5.91 Å². The van der Waals surface area contributed by atoms with E-state index in [2.05, 4.69) is 15.5 Å². The summed E-state index contributed by atoms with van der Waals surface area (Å²) < 4.78 is 0. The minimum absolute atomic E-state index is 0.0959. The maximum atomic E-state index is 11.9. The molecule has 1 aromatic rings. The summed E-state index contributed by atoms with van der Waals surface area (Å²) in [6.07, 6.45) is 0.602. The predicted molar refractivity (Wildman–Crippen MR) is 65.3 cm³/mol.